The maximum absolute atomic E-state index is 11.9. The molecule has 2 heterocycles. The lowest BCUT2D eigenvalue weighted by Crippen LogP contribution is -2.50. The number of likely N-dealkylation sites (tertiary alicyclic amines) is 1. The molecule has 1 N–H and O–H groups in total. The highest BCUT2D eigenvalue weighted by atomic mass is 16.2. The lowest BCUT2D eigenvalue weighted by molar-refractivity contribution is -0.135. The Labute approximate surface area is 94.6 Å². The number of piperidine rings is 1. The summed E-state index contributed by atoms with van der Waals surface area (Å²) >= 11 is 0. The van der Waals surface area contributed by atoms with Gasteiger partial charge in [0.1, 0.15) is 0 Å². The molecule has 0 radical (unpaired) electrons. The number of hydrogen-bond acceptors (Lipinski definition) is 4. The van der Waals surface area contributed by atoms with Crippen molar-refractivity contribution in [1.29, 1.82) is 0 Å². The van der Waals surface area contributed by atoms with Crippen LogP contribution in [0.2, 0.25) is 0 Å². The van der Waals surface area contributed by atoms with E-state index in [4.69, 9.17) is 0 Å². The summed E-state index contributed by atoms with van der Waals surface area (Å²) in [7, 11) is 1.84. The number of likely N-dealkylation sites (N-methyl/N-ethyl adjacent to an activating group) is 1. The first-order chi connectivity index (χ1) is 7.81. The molecule has 0 aromatic carbocycles. The average molecular weight is 223 g/mol. The molecular weight excluding hydrogens is 206 g/mol. The Hall–Kier alpha value is -1.43. The second-order valence-electron chi connectivity index (χ2n) is 3.97. The first-order valence-corrected chi connectivity index (χ1v) is 5.61. The van der Waals surface area contributed by atoms with Crippen LogP contribution >= 0.6 is 0 Å². The van der Waals surface area contributed by atoms with Gasteiger partial charge < -0.3 is 10.2 Å². The fraction of sp³-hybridized carbons (Fsp3) is 0.700. The molecule has 1 aromatic rings. The Morgan fingerprint density at radius 1 is 1.56 bits per heavy atom. The fourth-order valence-electron chi connectivity index (χ4n) is 2.01. The number of nitrogens with zero attached hydrogens (tertiary/aromatic N) is 4. The SMILES string of the molecule is CNC1CCCN(CCn2ccnn2)C1=O. The molecule has 1 aliphatic heterocycles. The van der Waals surface area contributed by atoms with E-state index in [9.17, 15) is 4.79 Å². The monoisotopic (exact) mass is 223 g/mol. The molecule has 0 spiro atoms. The third-order valence-corrected chi connectivity index (χ3v) is 2.95. The smallest absolute Gasteiger partial charge is 0.239 e. The zero-order valence-electron chi connectivity index (χ0n) is 9.46. The van der Waals surface area contributed by atoms with Crippen LogP contribution < -0.4 is 5.32 Å². The lowest BCUT2D eigenvalue weighted by atomic mass is 10.1. The minimum Gasteiger partial charge on any atom is -0.339 e. The summed E-state index contributed by atoms with van der Waals surface area (Å²) < 4.78 is 1.75. The van der Waals surface area contributed by atoms with E-state index in [0.29, 0.717) is 13.1 Å². The van der Waals surface area contributed by atoms with Gasteiger partial charge in [0.15, 0.2) is 0 Å². The largest absolute Gasteiger partial charge is 0.339 e. The molecule has 6 nitrogen and oxygen atoms in total. The maximum atomic E-state index is 11.9. The molecule has 6 heteroatoms. The molecule has 0 saturated carbocycles. The predicted molar refractivity (Wildman–Crippen MR) is 58.7 cm³/mol. The number of amides is 1. The van der Waals surface area contributed by atoms with Crippen LogP contribution in [0.5, 0.6) is 0 Å². The first-order valence-electron chi connectivity index (χ1n) is 5.61. The van der Waals surface area contributed by atoms with Crippen LogP contribution in [0.3, 0.4) is 0 Å². The van der Waals surface area contributed by atoms with Crippen molar-refractivity contribution in [2.75, 3.05) is 20.1 Å². The third kappa shape index (κ3) is 2.38. The highest BCUT2D eigenvalue weighted by molar-refractivity contribution is 5.82. The Morgan fingerprint density at radius 2 is 2.44 bits per heavy atom. The second-order valence-corrected chi connectivity index (χ2v) is 3.97. The minimum absolute atomic E-state index is 0.00973. The molecule has 2 rings (SSSR count). The van der Waals surface area contributed by atoms with Crippen LogP contribution in [0.15, 0.2) is 12.4 Å². The molecule has 1 aliphatic rings. The summed E-state index contributed by atoms with van der Waals surface area (Å²) in [5, 5.41) is 10.7. The highest BCUT2D eigenvalue weighted by Crippen LogP contribution is 2.11. The molecule has 88 valence electrons. The number of nitrogens with one attached hydrogen (secondary N) is 1. The van der Waals surface area contributed by atoms with E-state index in [1.54, 1.807) is 10.9 Å². The zero-order valence-corrected chi connectivity index (χ0v) is 9.46. The quantitative estimate of drug-likeness (QED) is 0.746. The van der Waals surface area contributed by atoms with E-state index >= 15 is 0 Å². The topological polar surface area (TPSA) is 63.1 Å². The number of aromatic nitrogens is 3. The molecule has 1 fully saturated rings. The van der Waals surface area contributed by atoms with E-state index in [-0.39, 0.29) is 11.9 Å². The summed E-state index contributed by atoms with van der Waals surface area (Å²) in [4.78, 5) is 13.8. The van der Waals surface area contributed by atoms with Gasteiger partial charge >= 0.3 is 0 Å². The first kappa shape index (κ1) is 11.1. The molecular formula is C10H17N5O. The van der Waals surface area contributed by atoms with Crippen molar-refractivity contribution in [3.8, 4) is 0 Å². The highest BCUT2D eigenvalue weighted by Gasteiger charge is 2.26. The maximum Gasteiger partial charge on any atom is 0.239 e. The van der Waals surface area contributed by atoms with Gasteiger partial charge in [0.2, 0.25) is 5.91 Å². The Morgan fingerprint density at radius 3 is 3.12 bits per heavy atom. The summed E-state index contributed by atoms with van der Waals surface area (Å²) in [5.74, 6) is 0.203. The van der Waals surface area contributed by atoms with Gasteiger partial charge in [-0.1, -0.05) is 5.21 Å². The summed E-state index contributed by atoms with van der Waals surface area (Å²) in [6, 6.07) is -0.00973. The van der Waals surface area contributed by atoms with Crippen molar-refractivity contribution in [2.45, 2.75) is 25.4 Å². The van der Waals surface area contributed by atoms with E-state index in [2.05, 4.69) is 15.6 Å². The fourth-order valence-corrected chi connectivity index (χ4v) is 2.01. The van der Waals surface area contributed by atoms with Gasteiger partial charge in [-0.3, -0.25) is 9.48 Å². The van der Waals surface area contributed by atoms with E-state index in [1.807, 2.05) is 18.1 Å². The lowest BCUT2D eigenvalue weighted by Gasteiger charge is -2.31. The van der Waals surface area contributed by atoms with Crippen LogP contribution in [0.4, 0.5) is 0 Å². The van der Waals surface area contributed by atoms with Crippen LogP contribution in [-0.2, 0) is 11.3 Å². The summed E-state index contributed by atoms with van der Waals surface area (Å²) in [6.07, 6.45) is 5.46. The van der Waals surface area contributed by atoms with Gasteiger partial charge in [-0.2, -0.15) is 0 Å². The van der Waals surface area contributed by atoms with Crippen molar-refractivity contribution in [2.24, 2.45) is 0 Å². The molecule has 1 unspecified atom stereocenters. The third-order valence-electron chi connectivity index (χ3n) is 2.95. The van der Waals surface area contributed by atoms with Crippen molar-refractivity contribution in [3.05, 3.63) is 12.4 Å². The Balaban J connectivity index is 1.87. The van der Waals surface area contributed by atoms with Crippen LogP contribution in [-0.4, -0.2) is 52.0 Å². The number of carbonyl (C=O) groups is 1. The van der Waals surface area contributed by atoms with Gasteiger partial charge in [-0.15, -0.1) is 5.10 Å². The molecule has 1 saturated heterocycles. The molecule has 1 amide bonds. The molecule has 16 heavy (non-hydrogen) atoms. The molecule has 0 aliphatic carbocycles. The van der Waals surface area contributed by atoms with Gasteiger partial charge in [0.05, 0.1) is 18.8 Å². The summed E-state index contributed by atoms with van der Waals surface area (Å²) in [6.45, 7) is 2.27. The van der Waals surface area contributed by atoms with Crippen molar-refractivity contribution < 1.29 is 4.79 Å². The normalized spacial score (nSPS) is 21.4. The van der Waals surface area contributed by atoms with E-state index in [0.717, 1.165) is 19.4 Å². The van der Waals surface area contributed by atoms with Gasteiger partial charge in [0.25, 0.3) is 0 Å². The van der Waals surface area contributed by atoms with Crippen LogP contribution in [0, 0.1) is 0 Å². The van der Waals surface area contributed by atoms with Crippen LogP contribution in [0.25, 0.3) is 0 Å². The Kier molecular flexibility index (Phi) is 3.51. The van der Waals surface area contributed by atoms with Crippen molar-refractivity contribution in [1.82, 2.24) is 25.2 Å². The molecule has 1 aromatic heterocycles. The predicted octanol–water partition coefficient (Wildman–Crippen LogP) is -0.512. The number of hydrogen-bond donors (Lipinski definition) is 1. The molecule has 1 atom stereocenters. The molecule has 0 bridgehead atoms. The standard InChI is InChI=1S/C10H17N5O/c1-11-9-3-2-5-14(10(9)16)7-8-15-6-4-12-13-15/h4,6,9,11H,2-3,5,7-8H2,1H3. The van der Waals surface area contributed by atoms with E-state index < -0.39 is 0 Å². The minimum atomic E-state index is -0.00973. The van der Waals surface area contributed by atoms with Crippen molar-refractivity contribution in [3.63, 3.8) is 0 Å². The number of carbonyl (C=O) groups excluding carboxylic acids is 1. The van der Waals surface area contributed by atoms with Crippen molar-refractivity contribution >= 4 is 5.91 Å². The van der Waals surface area contributed by atoms with Crippen LogP contribution in [0.1, 0.15) is 12.8 Å². The average Bonchev–Trinajstić information content (AvgIpc) is 2.81. The zero-order chi connectivity index (χ0) is 11.4. The van der Waals surface area contributed by atoms with Gasteiger partial charge in [-0.25, -0.2) is 0 Å². The summed E-state index contributed by atoms with van der Waals surface area (Å²) in [5.41, 5.74) is 0. The van der Waals surface area contributed by atoms with Gasteiger partial charge in [0, 0.05) is 19.3 Å². The van der Waals surface area contributed by atoms with Gasteiger partial charge in [-0.05, 0) is 19.9 Å². The number of rotatable bonds is 4. The van der Waals surface area contributed by atoms with E-state index in [1.165, 1.54) is 0 Å². The second kappa shape index (κ2) is 5.07. The Bertz CT molecular complexity index is 337.